The number of carbonyl (C=O) groups is 1. The number of hydrogen-bond donors (Lipinski definition) is 1. The van der Waals surface area contributed by atoms with Crippen molar-refractivity contribution in [3.05, 3.63) is 0 Å². The Morgan fingerprint density at radius 3 is 2.71 bits per heavy atom. The molecule has 5 nitrogen and oxygen atoms in total. The lowest BCUT2D eigenvalue weighted by Crippen LogP contribution is -2.58. The summed E-state index contributed by atoms with van der Waals surface area (Å²) in [6.45, 7) is 5.28. The molecule has 120 valence electrons. The third-order valence-electron chi connectivity index (χ3n) is 5.57. The Morgan fingerprint density at radius 2 is 2.00 bits per heavy atom. The van der Waals surface area contributed by atoms with Gasteiger partial charge < -0.3 is 14.6 Å². The van der Waals surface area contributed by atoms with Crippen molar-refractivity contribution in [2.45, 2.75) is 63.1 Å². The molecule has 3 saturated heterocycles. The summed E-state index contributed by atoms with van der Waals surface area (Å²) < 4.78 is 11.6. The molecule has 5 heteroatoms. The van der Waals surface area contributed by atoms with E-state index in [4.69, 9.17) is 9.47 Å². The SMILES string of the molecule is CC1CCCN(C2CCOC3(CCOCC3)C2)C1C(=O)O. The van der Waals surface area contributed by atoms with Crippen molar-refractivity contribution in [1.29, 1.82) is 0 Å². The number of rotatable bonds is 2. The van der Waals surface area contributed by atoms with E-state index in [0.29, 0.717) is 6.04 Å². The van der Waals surface area contributed by atoms with Gasteiger partial charge in [-0.15, -0.1) is 0 Å². The van der Waals surface area contributed by atoms with Crippen LogP contribution < -0.4 is 0 Å². The third kappa shape index (κ3) is 3.10. The molecule has 0 aromatic rings. The first kappa shape index (κ1) is 15.3. The fourth-order valence-electron chi connectivity index (χ4n) is 4.39. The second kappa shape index (κ2) is 6.23. The van der Waals surface area contributed by atoms with Crippen molar-refractivity contribution >= 4 is 5.97 Å². The molecule has 3 fully saturated rings. The molecule has 0 saturated carbocycles. The molecule has 0 aliphatic carbocycles. The summed E-state index contributed by atoms with van der Waals surface area (Å²) in [6, 6.07) is 0.0273. The predicted molar refractivity (Wildman–Crippen MR) is 78.3 cm³/mol. The van der Waals surface area contributed by atoms with Crippen molar-refractivity contribution in [3.63, 3.8) is 0 Å². The molecule has 0 aromatic heterocycles. The molecule has 3 aliphatic heterocycles. The summed E-state index contributed by atoms with van der Waals surface area (Å²) in [5.74, 6) is -0.417. The highest BCUT2D eigenvalue weighted by Gasteiger charge is 2.45. The summed E-state index contributed by atoms with van der Waals surface area (Å²) in [5, 5.41) is 9.62. The Bertz CT molecular complexity index is 375. The van der Waals surface area contributed by atoms with Gasteiger partial charge in [-0.3, -0.25) is 9.69 Å². The van der Waals surface area contributed by atoms with Gasteiger partial charge in [0, 0.05) is 25.9 Å². The van der Waals surface area contributed by atoms with E-state index in [2.05, 4.69) is 11.8 Å². The van der Waals surface area contributed by atoms with Crippen LogP contribution in [0.25, 0.3) is 0 Å². The standard InChI is InChI=1S/C16H27NO4/c1-12-3-2-7-17(14(12)15(18)19)13-4-8-21-16(11-13)5-9-20-10-6-16/h12-14H,2-11H2,1H3,(H,18,19). The number of hydrogen-bond acceptors (Lipinski definition) is 4. The van der Waals surface area contributed by atoms with E-state index in [1.165, 1.54) is 0 Å². The minimum Gasteiger partial charge on any atom is -0.480 e. The van der Waals surface area contributed by atoms with Gasteiger partial charge in [-0.2, -0.15) is 0 Å². The molecular formula is C16H27NO4. The lowest BCUT2D eigenvalue weighted by atomic mass is 9.81. The second-order valence-electron chi connectivity index (χ2n) is 6.93. The van der Waals surface area contributed by atoms with Crippen LogP contribution in [0.15, 0.2) is 0 Å². The van der Waals surface area contributed by atoms with Crippen LogP contribution in [-0.4, -0.2) is 60.0 Å². The van der Waals surface area contributed by atoms with E-state index in [9.17, 15) is 9.90 Å². The van der Waals surface area contributed by atoms with E-state index in [-0.39, 0.29) is 17.6 Å². The second-order valence-corrected chi connectivity index (χ2v) is 6.93. The smallest absolute Gasteiger partial charge is 0.321 e. The van der Waals surface area contributed by atoms with E-state index in [1.54, 1.807) is 0 Å². The zero-order valence-corrected chi connectivity index (χ0v) is 12.9. The van der Waals surface area contributed by atoms with E-state index in [0.717, 1.165) is 64.9 Å². The largest absolute Gasteiger partial charge is 0.480 e. The Labute approximate surface area is 126 Å². The molecule has 3 unspecified atom stereocenters. The molecular weight excluding hydrogens is 270 g/mol. The first-order valence-corrected chi connectivity index (χ1v) is 8.32. The Balaban J connectivity index is 1.73. The number of carboxylic acids is 1. The summed E-state index contributed by atoms with van der Waals surface area (Å²) in [6.07, 6.45) is 5.95. The summed E-state index contributed by atoms with van der Waals surface area (Å²) >= 11 is 0. The molecule has 1 N–H and O–H groups in total. The highest BCUT2D eigenvalue weighted by Crippen LogP contribution is 2.38. The molecule has 0 amide bonds. The van der Waals surface area contributed by atoms with Crippen LogP contribution in [0.1, 0.15) is 45.4 Å². The highest BCUT2D eigenvalue weighted by atomic mass is 16.5. The van der Waals surface area contributed by atoms with Gasteiger partial charge in [0.15, 0.2) is 0 Å². The molecule has 1 spiro atoms. The van der Waals surface area contributed by atoms with Crippen molar-refractivity contribution in [2.75, 3.05) is 26.4 Å². The van der Waals surface area contributed by atoms with E-state index < -0.39 is 5.97 Å². The molecule has 0 aromatic carbocycles. The molecule has 0 bridgehead atoms. The third-order valence-corrected chi connectivity index (χ3v) is 5.57. The van der Waals surface area contributed by atoms with Gasteiger partial charge in [0.2, 0.25) is 0 Å². The van der Waals surface area contributed by atoms with Gasteiger partial charge in [0.25, 0.3) is 0 Å². The van der Waals surface area contributed by atoms with Crippen LogP contribution in [0.4, 0.5) is 0 Å². The maximum absolute atomic E-state index is 11.7. The maximum atomic E-state index is 11.7. The number of piperidine rings is 1. The first-order valence-electron chi connectivity index (χ1n) is 8.32. The summed E-state index contributed by atoms with van der Waals surface area (Å²) in [7, 11) is 0. The highest BCUT2D eigenvalue weighted by molar-refractivity contribution is 5.74. The molecule has 3 aliphatic rings. The van der Waals surface area contributed by atoms with Crippen LogP contribution in [0.3, 0.4) is 0 Å². The average molecular weight is 297 g/mol. The minimum atomic E-state index is -0.658. The van der Waals surface area contributed by atoms with Crippen LogP contribution in [0.5, 0.6) is 0 Å². The lowest BCUT2D eigenvalue weighted by Gasteiger charge is -2.49. The maximum Gasteiger partial charge on any atom is 0.321 e. The zero-order valence-electron chi connectivity index (χ0n) is 12.9. The van der Waals surface area contributed by atoms with Crippen LogP contribution in [0.2, 0.25) is 0 Å². The number of carboxylic acid groups (broad SMARTS) is 1. The number of ether oxygens (including phenoxy) is 2. The molecule has 3 rings (SSSR count). The Hall–Kier alpha value is -0.650. The molecule has 3 heterocycles. The van der Waals surface area contributed by atoms with Crippen LogP contribution >= 0.6 is 0 Å². The van der Waals surface area contributed by atoms with Gasteiger partial charge in [-0.1, -0.05) is 6.92 Å². The zero-order chi connectivity index (χ0) is 14.9. The number of nitrogens with zero attached hydrogens (tertiary/aromatic N) is 1. The van der Waals surface area contributed by atoms with Crippen molar-refractivity contribution in [2.24, 2.45) is 5.92 Å². The summed E-state index contributed by atoms with van der Waals surface area (Å²) in [4.78, 5) is 14.0. The van der Waals surface area contributed by atoms with Crippen LogP contribution in [-0.2, 0) is 14.3 Å². The topological polar surface area (TPSA) is 59.0 Å². The Morgan fingerprint density at radius 1 is 1.24 bits per heavy atom. The van der Waals surface area contributed by atoms with Crippen LogP contribution in [0, 0.1) is 5.92 Å². The van der Waals surface area contributed by atoms with Crippen molar-refractivity contribution in [3.8, 4) is 0 Å². The van der Waals surface area contributed by atoms with Gasteiger partial charge in [-0.25, -0.2) is 0 Å². The summed E-state index contributed by atoms with van der Waals surface area (Å²) in [5.41, 5.74) is -0.0646. The fourth-order valence-corrected chi connectivity index (χ4v) is 4.39. The normalized spacial score (nSPS) is 37.5. The molecule has 0 radical (unpaired) electrons. The predicted octanol–water partition coefficient (Wildman–Crippen LogP) is 1.90. The van der Waals surface area contributed by atoms with Gasteiger partial charge in [0.1, 0.15) is 6.04 Å². The molecule has 21 heavy (non-hydrogen) atoms. The van der Waals surface area contributed by atoms with E-state index >= 15 is 0 Å². The van der Waals surface area contributed by atoms with Gasteiger partial charge in [-0.05, 0) is 51.0 Å². The van der Waals surface area contributed by atoms with E-state index in [1.807, 2.05) is 0 Å². The lowest BCUT2D eigenvalue weighted by molar-refractivity contribution is -0.167. The van der Waals surface area contributed by atoms with Gasteiger partial charge >= 0.3 is 5.97 Å². The molecule has 3 atom stereocenters. The Kier molecular flexibility index (Phi) is 4.52. The monoisotopic (exact) mass is 297 g/mol. The first-order chi connectivity index (χ1) is 10.1. The minimum absolute atomic E-state index is 0.0646. The van der Waals surface area contributed by atoms with Crippen molar-refractivity contribution in [1.82, 2.24) is 4.90 Å². The number of aliphatic carboxylic acids is 1. The number of likely N-dealkylation sites (tertiary alicyclic amines) is 1. The van der Waals surface area contributed by atoms with Crippen molar-refractivity contribution < 1.29 is 19.4 Å². The average Bonchev–Trinajstić information content (AvgIpc) is 2.47. The quantitative estimate of drug-likeness (QED) is 0.843. The van der Waals surface area contributed by atoms with Gasteiger partial charge in [0.05, 0.1) is 5.60 Å². The fraction of sp³-hybridized carbons (Fsp3) is 0.938.